The van der Waals surface area contributed by atoms with Gasteiger partial charge in [-0.25, -0.2) is 0 Å². The van der Waals surface area contributed by atoms with Crippen LogP contribution >= 0.6 is 0 Å². The Balaban J connectivity index is 0.000000155. The molecule has 0 bridgehead atoms. The van der Waals surface area contributed by atoms with Gasteiger partial charge in [0.2, 0.25) is 0 Å². The van der Waals surface area contributed by atoms with E-state index in [4.69, 9.17) is 0 Å². The quantitative estimate of drug-likeness (QED) is 0.0166. The molecule has 10 aromatic rings. The summed E-state index contributed by atoms with van der Waals surface area (Å²) >= 11 is 0. The average Bonchev–Trinajstić information content (AvgIpc) is 0.757. The maximum atomic E-state index is 3.88. The number of rotatable bonds is 33. The first-order valence-corrected chi connectivity index (χ1v) is 38.7. The minimum Gasteiger partial charge on any atom is -0.103 e. The maximum absolute atomic E-state index is 3.88. The highest BCUT2D eigenvalue weighted by Crippen LogP contribution is 2.39. The number of unbranched alkanes of at least 4 members (excludes halogenated alkanes) is 14. The molecule has 0 atom stereocenters. The molecular weight excluding hydrogens is 1150 g/mol. The van der Waals surface area contributed by atoms with Crippen molar-refractivity contribution in [1.29, 1.82) is 0 Å². The third kappa shape index (κ3) is 17.9. The Morgan fingerprint density at radius 3 is 1.06 bits per heavy atom. The van der Waals surface area contributed by atoms with Crippen molar-refractivity contribution in [2.75, 3.05) is 0 Å². The van der Waals surface area contributed by atoms with Gasteiger partial charge in [0.15, 0.2) is 0 Å². The predicted octanol–water partition coefficient (Wildman–Crippen LogP) is 26.8. The monoisotopic (exact) mass is 1270 g/mol. The summed E-state index contributed by atoms with van der Waals surface area (Å²) in [7, 11) is 0. The van der Waals surface area contributed by atoms with Gasteiger partial charge in [-0.2, -0.15) is 0 Å². The van der Waals surface area contributed by atoms with Gasteiger partial charge in [0, 0.05) is 0 Å². The van der Waals surface area contributed by atoms with Crippen LogP contribution in [-0.4, -0.2) is 0 Å². The topological polar surface area (TPSA) is 0 Å². The SMILES string of the molecule is C=CCCCCc1c(CCCCC=C)c2cc(C)ccc2c2ccc(C)cc12.CCCCCCc1cc(CCCCCc2ccc3c(c2)CC3)c(CCCCCC)cc1CCCCCc1ccc2c(c1)CC2.Cc1c2ccccc2c(C)c2cc(-c3ccc4c(c3)CC4)ccc12. The van der Waals surface area contributed by atoms with E-state index in [1.54, 1.807) is 66.8 Å². The largest absolute Gasteiger partial charge is 0.103 e. The van der Waals surface area contributed by atoms with Crippen LogP contribution in [-0.2, 0) is 89.9 Å². The molecule has 10 aromatic carbocycles. The number of fused-ring (bicyclic) bond motifs is 8. The van der Waals surface area contributed by atoms with Gasteiger partial charge in [0.1, 0.15) is 0 Å². The fraction of sp³-hybridized carbons (Fsp3) is 0.417. The number of benzene rings is 10. The summed E-state index contributed by atoms with van der Waals surface area (Å²) in [6.45, 7) is 21.4. The number of hydrogen-bond donors (Lipinski definition) is 0. The van der Waals surface area contributed by atoms with Gasteiger partial charge in [0.05, 0.1) is 0 Å². The Hall–Kier alpha value is -7.28. The van der Waals surface area contributed by atoms with Gasteiger partial charge < -0.3 is 0 Å². The number of allylic oxidation sites excluding steroid dienone is 2. The highest BCUT2D eigenvalue weighted by Gasteiger charge is 2.19. The molecule has 0 nitrogen and oxygen atoms in total. The molecule has 0 heteroatoms. The number of hydrogen-bond acceptors (Lipinski definition) is 0. The van der Waals surface area contributed by atoms with E-state index >= 15 is 0 Å². The maximum Gasteiger partial charge on any atom is -0.0102 e. The zero-order chi connectivity index (χ0) is 66.6. The molecule has 0 unspecified atom stereocenters. The molecule has 0 spiro atoms. The van der Waals surface area contributed by atoms with Gasteiger partial charge in [0.25, 0.3) is 0 Å². The van der Waals surface area contributed by atoms with Crippen molar-refractivity contribution in [3.05, 3.63) is 271 Å². The van der Waals surface area contributed by atoms with Gasteiger partial charge >= 0.3 is 0 Å². The lowest BCUT2D eigenvalue weighted by molar-refractivity contribution is 0.643. The van der Waals surface area contributed by atoms with Crippen molar-refractivity contribution in [3.63, 3.8) is 0 Å². The Bertz CT molecular complexity index is 4070. The zero-order valence-electron chi connectivity index (χ0n) is 60.5. The van der Waals surface area contributed by atoms with E-state index in [1.165, 1.54) is 280 Å². The van der Waals surface area contributed by atoms with Crippen LogP contribution < -0.4 is 0 Å². The second-order valence-corrected chi connectivity index (χ2v) is 29.5. The number of aryl methyl sites for hydroxylation is 18. The van der Waals surface area contributed by atoms with Crippen LogP contribution in [0.25, 0.3) is 54.2 Å². The van der Waals surface area contributed by atoms with Crippen LogP contribution in [0, 0.1) is 27.7 Å². The van der Waals surface area contributed by atoms with Crippen LogP contribution in [0.5, 0.6) is 0 Å². The second-order valence-electron chi connectivity index (χ2n) is 29.5. The highest BCUT2D eigenvalue weighted by atomic mass is 14.2. The Morgan fingerprint density at radius 2 is 0.646 bits per heavy atom. The summed E-state index contributed by atoms with van der Waals surface area (Å²) in [5.74, 6) is 0. The van der Waals surface area contributed by atoms with Crippen molar-refractivity contribution >= 4 is 43.1 Å². The first kappa shape index (κ1) is 70.1. The zero-order valence-corrected chi connectivity index (χ0v) is 60.5. The lowest BCUT2D eigenvalue weighted by Crippen LogP contribution is -2.08. The molecule has 13 rings (SSSR count). The molecule has 0 radical (unpaired) electrons. The minimum absolute atomic E-state index is 1.11. The summed E-state index contributed by atoms with van der Waals surface area (Å²) in [6.07, 6.45) is 47.8. The first-order chi connectivity index (χ1) is 47.1. The van der Waals surface area contributed by atoms with Crippen LogP contribution in [0.15, 0.2) is 171 Å². The van der Waals surface area contributed by atoms with Crippen molar-refractivity contribution in [1.82, 2.24) is 0 Å². The van der Waals surface area contributed by atoms with Crippen molar-refractivity contribution in [2.24, 2.45) is 0 Å². The third-order valence-electron chi connectivity index (χ3n) is 22.4. The molecule has 0 heterocycles. The molecule has 0 fully saturated rings. The fourth-order valence-electron chi connectivity index (χ4n) is 16.2. The first-order valence-electron chi connectivity index (χ1n) is 38.7. The molecular formula is C96H116. The standard InChI is InChI=1S/C44H62.C28H34.C24H20/c1-3-5-7-13-19-39-33-42(22-16-10-12-18-36-24-26-38-28-30-44(38)32-36)40(20-14-8-6-4-2)34-41(39)21-15-9-11-17-35-23-25-37-27-29-43(37)31-35;1-5-7-9-11-13-23-24(14-12-10-8-6-2)28-20-22(4)16-18-26(28)25-17-15-21(3)19-27(23)25;1-15-21-5-3-4-6-22(21)16(2)24-14-20(11-12-23(15)24)19-10-8-17-7-9-18(17)13-19/h23-26,31-34H,3-22,27-30H2,1-2H3;5-6,15-20H,1-2,7-14H2,3-4H3;3-6,8,10-14H,7,9H2,1-2H3. The third-order valence-corrected chi connectivity index (χ3v) is 22.4. The Kier molecular flexibility index (Phi) is 25.8. The molecule has 3 aliphatic carbocycles. The minimum atomic E-state index is 1.11. The Labute approximate surface area is 581 Å². The second kappa shape index (κ2) is 35.3. The molecule has 0 aliphatic heterocycles. The Morgan fingerprint density at radius 1 is 0.281 bits per heavy atom. The normalized spacial score (nSPS) is 12.6. The smallest absolute Gasteiger partial charge is 0.0102 e. The highest BCUT2D eigenvalue weighted by molar-refractivity contribution is 6.11. The van der Waals surface area contributed by atoms with Gasteiger partial charge in [-0.3, -0.25) is 0 Å². The molecule has 0 amide bonds. The van der Waals surface area contributed by atoms with Crippen LogP contribution in [0.2, 0.25) is 0 Å². The van der Waals surface area contributed by atoms with E-state index in [0.29, 0.717) is 0 Å². The van der Waals surface area contributed by atoms with Crippen molar-refractivity contribution < 1.29 is 0 Å². The average molecular weight is 1270 g/mol. The van der Waals surface area contributed by atoms with E-state index in [1.807, 2.05) is 12.2 Å². The lowest BCUT2D eigenvalue weighted by Gasteiger charge is -2.20. The summed E-state index contributed by atoms with van der Waals surface area (Å²) in [5, 5.41) is 11.3. The summed E-state index contributed by atoms with van der Waals surface area (Å²) in [5.41, 5.74) is 30.7. The molecule has 0 N–H and O–H groups in total. The molecule has 0 aromatic heterocycles. The lowest BCUT2D eigenvalue weighted by atomic mass is 9.85. The van der Waals surface area contributed by atoms with Crippen LogP contribution in [0.1, 0.15) is 242 Å². The van der Waals surface area contributed by atoms with Crippen LogP contribution in [0.3, 0.4) is 0 Å². The summed E-state index contributed by atoms with van der Waals surface area (Å²) in [4.78, 5) is 0. The van der Waals surface area contributed by atoms with Gasteiger partial charge in [-0.05, 0) is 344 Å². The van der Waals surface area contributed by atoms with E-state index in [0.717, 1.165) is 25.7 Å². The molecule has 96 heavy (non-hydrogen) atoms. The summed E-state index contributed by atoms with van der Waals surface area (Å²) < 4.78 is 0. The fourth-order valence-corrected chi connectivity index (χ4v) is 16.2. The molecule has 3 aliphatic rings. The van der Waals surface area contributed by atoms with Crippen molar-refractivity contribution in [3.8, 4) is 11.1 Å². The van der Waals surface area contributed by atoms with Crippen LogP contribution in [0.4, 0.5) is 0 Å². The van der Waals surface area contributed by atoms with Crippen molar-refractivity contribution in [2.45, 2.75) is 260 Å². The molecule has 0 saturated heterocycles. The van der Waals surface area contributed by atoms with Gasteiger partial charge in [-0.1, -0.05) is 228 Å². The molecule has 500 valence electrons. The van der Waals surface area contributed by atoms with E-state index in [2.05, 4.69) is 200 Å². The molecule has 0 saturated carbocycles. The van der Waals surface area contributed by atoms with E-state index in [-0.39, 0.29) is 0 Å². The summed E-state index contributed by atoms with van der Waals surface area (Å²) in [6, 6.07) is 56.6. The van der Waals surface area contributed by atoms with E-state index in [9.17, 15) is 0 Å². The van der Waals surface area contributed by atoms with E-state index < -0.39 is 0 Å². The van der Waals surface area contributed by atoms with Gasteiger partial charge in [-0.15, -0.1) is 13.2 Å². The predicted molar refractivity (Wildman–Crippen MR) is 423 cm³/mol.